The minimum absolute atomic E-state index is 0. The number of amides is 1. The molecule has 1 aromatic rings. The number of hydrogen-bond donors (Lipinski definition) is 2. The number of halogens is 2. The number of nitrogens with two attached hydrogens (primary N) is 1. The van der Waals surface area contributed by atoms with Gasteiger partial charge < -0.3 is 11.1 Å². The Kier molecular flexibility index (Phi) is 5.58. The summed E-state index contributed by atoms with van der Waals surface area (Å²) >= 11 is 0. The second kappa shape index (κ2) is 5.98. The van der Waals surface area contributed by atoms with Crippen LogP contribution in [0.1, 0.15) is 25.0 Å². The van der Waals surface area contributed by atoms with Crippen molar-refractivity contribution in [2.75, 3.05) is 0 Å². The first-order valence-corrected chi connectivity index (χ1v) is 5.13. The topological polar surface area (TPSA) is 55.1 Å². The number of nitrogens with one attached hydrogen (secondary N) is 1. The van der Waals surface area contributed by atoms with Crippen molar-refractivity contribution in [2.24, 2.45) is 5.73 Å². The Morgan fingerprint density at radius 2 is 2.06 bits per heavy atom. The highest BCUT2D eigenvalue weighted by Crippen LogP contribution is 2.09. The van der Waals surface area contributed by atoms with E-state index in [4.69, 9.17) is 5.73 Å². The summed E-state index contributed by atoms with van der Waals surface area (Å²) in [5.41, 5.74) is 6.01. The molecular formula is C12H18ClFN2O. The van der Waals surface area contributed by atoms with E-state index in [9.17, 15) is 9.18 Å². The Labute approximate surface area is 107 Å². The maximum absolute atomic E-state index is 13.2. The summed E-state index contributed by atoms with van der Waals surface area (Å²) in [5.74, 6) is -0.521. The van der Waals surface area contributed by atoms with Crippen LogP contribution in [-0.2, 0) is 11.3 Å². The molecule has 3 N–H and O–H groups in total. The van der Waals surface area contributed by atoms with Gasteiger partial charge in [-0.05, 0) is 38.0 Å². The van der Waals surface area contributed by atoms with Crippen LogP contribution in [0.2, 0.25) is 0 Å². The molecule has 5 heteroatoms. The molecule has 17 heavy (non-hydrogen) atoms. The van der Waals surface area contributed by atoms with E-state index >= 15 is 0 Å². The molecule has 0 aliphatic rings. The first-order chi connectivity index (χ1) is 7.30. The lowest BCUT2D eigenvalue weighted by Crippen LogP contribution is -2.48. The van der Waals surface area contributed by atoms with Crippen LogP contribution in [0, 0.1) is 12.7 Å². The van der Waals surface area contributed by atoms with E-state index in [1.165, 1.54) is 6.07 Å². The van der Waals surface area contributed by atoms with Gasteiger partial charge in [0.1, 0.15) is 5.82 Å². The van der Waals surface area contributed by atoms with Gasteiger partial charge in [-0.3, -0.25) is 4.79 Å². The van der Waals surface area contributed by atoms with Crippen molar-refractivity contribution in [3.05, 3.63) is 35.1 Å². The van der Waals surface area contributed by atoms with E-state index in [0.717, 1.165) is 5.56 Å². The summed E-state index contributed by atoms with van der Waals surface area (Å²) < 4.78 is 13.2. The molecule has 0 bridgehead atoms. The van der Waals surface area contributed by atoms with E-state index in [-0.39, 0.29) is 30.7 Å². The normalized spacial score (nSPS) is 10.6. The first kappa shape index (κ1) is 15.9. The molecule has 0 heterocycles. The van der Waals surface area contributed by atoms with Gasteiger partial charge in [-0.25, -0.2) is 4.39 Å². The van der Waals surface area contributed by atoms with Gasteiger partial charge in [-0.2, -0.15) is 0 Å². The standard InChI is InChI=1S/C12H17FN2O.ClH/c1-8-4-5-9(6-10(8)13)7-15-11(16)12(2,3)14;/h4-6H,7,14H2,1-3H3,(H,15,16);1H. The van der Waals surface area contributed by atoms with E-state index in [2.05, 4.69) is 5.32 Å². The molecule has 0 radical (unpaired) electrons. The molecule has 0 fully saturated rings. The molecule has 0 spiro atoms. The molecular weight excluding hydrogens is 243 g/mol. The summed E-state index contributed by atoms with van der Waals surface area (Å²) in [7, 11) is 0. The second-order valence-electron chi connectivity index (χ2n) is 4.49. The highest BCUT2D eigenvalue weighted by molar-refractivity contribution is 5.85. The van der Waals surface area contributed by atoms with E-state index in [0.29, 0.717) is 5.56 Å². The van der Waals surface area contributed by atoms with Crippen LogP contribution < -0.4 is 11.1 Å². The van der Waals surface area contributed by atoms with Crippen LogP contribution in [0.4, 0.5) is 4.39 Å². The summed E-state index contributed by atoms with van der Waals surface area (Å²) in [6, 6.07) is 4.88. The predicted molar refractivity (Wildman–Crippen MR) is 68.5 cm³/mol. The molecule has 1 aromatic carbocycles. The average molecular weight is 261 g/mol. The fourth-order valence-corrected chi connectivity index (χ4v) is 1.16. The zero-order valence-electron chi connectivity index (χ0n) is 10.2. The number of carbonyl (C=O) groups is 1. The molecule has 0 aromatic heterocycles. The van der Waals surface area contributed by atoms with Crippen molar-refractivity contribution in [1.82, 2.24) is 5.32 Å². The minimum atomic E-state index is -0.913. The summed E-state index contributed by atoms with van der Waals surface area (Å²) in [4.78, 5) is 11.5. The SMILES string of the molecule is Cc1ccc(CNC(=O)C(C)(C)N)cc1F.Cl. The number of carbonyl (C=O) groups excluding carboxylic acids is 1. The molecule has 96 valence electrons. The van der Waals surface area contributed by atoms with Crippen LogP contribution >= 0.6 is 12.4 Å². The Morgan fingerprint density at radius 3 is 2.53 bits per heavy atom. The highest BCUT2D eigenvalue weighted by atomic mass is 35.5. The van der Waals surface area contributed by atoms with Gasteiger partial charge in [-0.15, -0.1) is 12.4 Å². The number of benzene rings is 1. The lowest BCUT2D eigenvalue weighted by molar-refractivity contribution is -0.125. The summed E-state index contributed by atoms with van der Waals surface area (Å²) in [5, 5.41) is 2.65. The molecule has 0 saturated heterocycles. The Morgan fingerprint density at radius 1 is 1.47 bits per heavy atom. The van der Waals surface area contributed by atoms with E-state index in [1.54, 1.807) is 32.9 Å². The summed E-state index contributed by atoms with van der Waals surface area (Å²) in [6.45, 7) is 5.23. The van der Waals surface area contributed by atoms with E-state index in [1.807, 2.05) is 0 Å². The predicted octanol–water partition coefficient (Wildman–Crippen LogP) is 1.91. The van der Waals surface area contributed by atoms with Crippen LogP contribution in [0.5, 0.6) is 0 Å². The van der Waals surface area contributed by atoms with Crippen molar-refractivity contribution in [3.63, 3.8) is 0 Å². The Bertz CT molecular complexity index is 402. The third kappa shape index (κ3) is 4.71. The third-order valence-electron chi connectivity index (χ3n) is 2.27. The quantitative estimate of drug-likeness (QED) is 0.872. The van der Waals surface area contributed by atoms with Crippen molar-refractivity contribution in [2.45, 2.75) is 32.9 Å². The summed E-state index contributed by atoms with van der Waals surface area (Å²) in [6.07, 6.45) is 0. The Balaban J connectivity index is 0.00000256. The molecule has 0 unspecified atom stereocenters. The molecule has 0 saturated carbocycles. The second-order valence-corrected chi connectivity index (χ2v) is 4.49. The van der Waals surface area contributed by atoms with Gasteiger partial charge in [0, 0.05) is 6.54 Å². The monoisotopic (exact) mass is 260 g/mol. The lowest BCUT2D eigenvalue weighted by atomic mass is 10.1. The van der Waals surface area contributed by atoms with Gasteiger partial charge in [-0.1, -0.05) is 12.1 Å². The van der Waals surface area contributed by atoms with Crippen molar-refractivity contribution >= 4 is 18.3 Å². The molecule has 1 rings (SSSR count). The molecule has 0 atom stereocenters. The zero-order valence-corrected chi connectivity index (χ0v) is 11.0. The largest absolute Gasteiger partial charge is 0.350 e. The third-order valence-corrected chi connectivity index (χ3v) is 2.27. The van der Waals surface area contributed by atoms with Gasteiger partial charge in [0.15, 0.2) is 0 Å². The van der Waals surface area contributed by atoms with Crippen LogP contribution in [-0.4, -0.2) is 11.4 Å². The first-order valence-electron chi connectivity index (χ1n) is 5.13. The van der Waals surface area contributed by atoms with E-state index < -0.39 is 5.54 Å². The van der Waals surface area contributed by atoms with Crippen LogP contribution in [0.15, 0.2) is 18.2 Å². The molecule has 0 aliphatic heterocycles. The molecule has 0 aliphatic carbocycles. The zero-order chi connectivity index (χ0) is 12.3. The van der Waals surface area contributed by atoms with Crippen LogP contribution in [0.25, 0.3) is 0 Å². The minimum Gasteiger partial charge on any atom is -0.350 e. The fraction of sp³-hybridized carbons (Fsp3) is 0.417. The molecule has 3 nitrogen and oxygen atoms in total. The van der Waals surface area contributed by atoms with Gasteiger partial charge in [0.25, 0.3) is 0 Å². The molecule has 1 amide bonds. The van der Waals surface area contributed by atoms with Gasteiger partial charge in [0.05, 0.1) is 5.54 Å². The van der Waals surface area contributed by atoms with Gasteiger partial charge >= 0.3 is 0 Å². The van der Waals surface area contributed by atoms with Crippen molar-refractivity contribution < 1.29 is 9.18 Å². The lowest BCUT2D eigenvalue weighted by Gasteiger charge is -2.17. The number of aryl methyl sites for hydroxylation is 1. The smallest absolute Gasteiger partial charge is 0.239 e. The van der Waals surface area contributed by atoms with Crippen LogP contribution in [0.3, 0.4) is 0 Å². The van der Waals surface area contributed by atoms with Gasteiger partial charge in [0.2, 0.25) is 5.91 Å². The maximum Gasteiger partial charge on any atom is 0.239 e. The fourth-order valence-electron chi connectivity index (χ4n) is 1.16. The number of hydrogen-bond acceptors (Lipinski definition) is 2. The maximum atomic E-state index is 13.2. The van der Waals surface area contributed by atoms with Crippen molar-refractivity contribution in [3.8, 4) is 0 Å². The Hall–Kier alpha value is -1.13. The average Bonchev–Trinajstić information content (AvgIpc) is 2.18. The van der Waals surface area contributed by atoms with Crippen molar-refractivity contribution in [1.29, 1.82) is 0 Å². The number of rotatable bonds is 3. The highest BCUT2D eigenvalue weighted by Gasteiger charge is 2.21.